The van der Waals surface area contributed by atoms with Gasteiger partial charge in [-0.2, -0.15) is 0 Å². The van der Waals surface area contributed by atoms with E-state index >= 15 is 0 Å². The third-order valence-electron chi connectivity index (χ3n) is 1.39. The van der Waals surface area contributed by atoms with E-state index in [9.17, 15) is 13.6 Å². The van der Waals surface area contributed by atoms with E-state index in [1.54, 1.807) is 22.6 Å². The van der Waals surface area contributed by atoms with E-state index in [-0.39, 0.29) is 13.7 Å². The van der Waals surface area contributed by atoms with Gasteiger partial charge in [0.05, 0.1) is 5.56 Å². The van der Waals surface area contributed by atoms with E-state index in [1.807, 2.05) is 0 Å². The Hall–Kier alpha value is -0.310. The van der Waals surface area contributed by atoms with E-state index in [0.717, 1.165) is 6.07 Å². The van der Waals surface area contributed by atoms with Gasteiger partial charge >= 0.3 is 5.97 Å². The zero-order valence-electron chi connectivity index (χ0n) is 6.47. The summed E-state index contributed by atoms with van der Waals surface area (Å²) in [5.41, 5.74) is -0.540. The standard InChI is InChI=1S/C7H3BrF2INO2/c8-3-1-2(7(13)14)6(11)12-4(3)5(9)10/h1,5H,(H,13,14). The molecule has 7 heteroatoms. The summed E-state index contributed by atoms with van der Waals surface area (Å²) in [6.07, 6.45) is -2.72. The molecule has 0 amide bonds. The molecular weight excluding hydrogens is 375 g/mol. The molecule has 0 atom stereocenters. The molecule has 1 aromatic rings. The Morgan fingerprint density at radius 3 is 2.64 bits per heavy atom. The fourth-order valence-electron chi connectivity index (χ4n) is 0.783. The number of pyridine rings is 1. The maximum absolute atomic E-state index is 12.3. The van der Waals surface area contributed by atoms with E-state index in [0.29, 0.717) is 0 Å². The molecular formula is C7H3BrF2INO2. The fourth-order valence-corrected chi connectivity index (χ4v) is 1.92. The van der Waals surface area contributed by atoms with Crippen LogP contribution in [0.1, 0.15) is 22.5 Å². The number of aromatic carboxylic acids is 1. The van der Waals surface area contributed by atoms with Crippen LogP contribution in [0.2, 0.25) is 0 Å². The SMILES string of the molecule is O=C(O)c1cc(Br)c(C(F)F)nc1I. The first kappa shape index (κ1) is 11.8. The van der Waals surface area contributed by atoms with Gasteiger partial charge in [0.15, 0.2) is 0 Å². The third kappa shape index (κ3) is 2.38. The van der Waals surface area contributed by atoms with Gasteiger partial charge in [-0.15, -0.1) is 0 Å². The molecule has 0 saturated carbocycles. The van der Waals surface area contributed by atoms with Gasteiger partial charge in [0, 0.05) is 4.47 Å². The molecule has 14 heavy (non-hydrogen) atoms. The topological polar surface area (TPSA) is 50.2 Å². The Bertz CT molecular complexity index is 386. The van der Waals surface area contributed by atoms with Gasteiger partial charge in [-0.1, -0.05) is 0 Å². The molecule has 0 fully saturated rings. The predicted molar refractivity (Wildman–Crippen MR) is 56.6 cm³/mol. The second-order valence-corrected chi connectivity index (χ2v) is 4.18. The average molecular weight is 378 g/mol. The molecule has 0 bridgehead atoms. The number of carboxylic acids is 1. The van der Waals surface area contributed by atoms with Gasteiger partial charge in [-0.05, 0) is 44.6 Å². The number of aromatic nitrogens is 1. The number of nitrogens with zero attached hydrogens (tertiary/aromatic N) is 1. The lowest BCUT2D eigenvalue weighted by Crippen LogP contribution is -2.05. The number of hydrogen-bond donors (Lipinski definition) is 1. The summed E-state index contributed by atoms with van der Waals surface area (Å²) in [6, 6.07) is 1.12. The van der Waals surface area contributed by atoms with Crippen molar-refractivity contribution in [1.29, 1.82) is 0 Å². The van der Waals surface area contributed by atoms with Crippen LogP contribution in [0.25, 0.3) is 0 Å². The van der Waals surface area contributed by atoms with Crippen LogP contribution in [0.5, 0.6) is 0 Å². The van der Waals surface area contributed by atoms with E-state index in [4.69, 9.17) is 5.11 Å². The van der Waals surface area contributed by atoms with Gasteiger partial charge in [-0.25, -0.2) is 18.6 Å². The highest BCUT2D eigenvalue weighted by atomic mass is 127. The van der Waals surface area contributed by atoms with E-state index in [2.05, 4.69) is 20.9 Å². The second-order valence-electron chi connectivity index (χ2n) is 2.30. The zero-order chi connectivity index (χ0) is 10.9. The number of hydrogen-bond acceptors (Lipinski definition) is 2. The molecule has 1 N–H and O–H groups in total. The molecule has 1 aromatic heterocycles. The van der Waals surface area contributed by atoms with Crippen molar-refractivity contribution in [2.75, 3.05) is 0 Å². The van der Waals surface area contributed by atoms with Gasteiger partial charge in [0.25, 0.3) is 6.43 Å². The minimum Gasteiger partial charge on any atom is -0.478 e. The number of alkyl halides is 2. The van der Waals surface area contributed by atoms with Crippen molar-refractivity contribution in [3.8, 4) is 0 Å². The summed E-state index contributed by atoms with van der Waals surface area (Å²) in [6.45, 7) is 0. The summed E-state index contributed by atoms with van der Waals surface area (Å²) >= 11 is 4.45. The van der Waals surface area contributed by atoms with Crippen LogP contribution in [0.4, 0.5) is 8.78 Å². The summed E-state index contributed by atoms with van der Waals surface area (Å²) < 4.78 is 24.6. The van der Waals surface area contributed by atoms with Gasteiger partial charge in [0.2, 0.25) is 0 Å². The Balaban J connectivity index is 3.31. The first-order chi connectivity index (χ1) is 6.43. The van der Waals surface area contributed by atoms with Gasteiger partial charge in [0.1, 0.15) is 9.39 Å². The van der Waals surface area contributed by atoms with Crippen LogP contribution in [0.3, 0.4) is 0 Å². The summed E-state index contributed by atoms with van der Waals surface area (Å²) in [7, 11) is 0. The smallest absolute Gasteiger partial charge is 0.338 e. The lowest BCUT2D eigenvalue weighted by atomic mass is 10.2. The molecule has 0 saturated heterocycles. The summed E-state index contributed by atoms with van der Waals surface area (Å²) in [5, 5.41) is 8.67. The molecule has 1 rings (SSSR count). The van der Waals surface area contributed by atoms with Crippen LogP contribution in [-0.2, 0) is 0 Å². The largest absolute Gasteiger partial charge is 0.478 e. The van der Waals surface area contributed by atoms with Crippen LogP contribution in [0.15, 0.2) is 10.5 Å². The third-order valence-corrected chi connectivity index (χ3v) is 2.85. The maximum Gasteiger partial charge on any atom is 0.338 e. The Morgan fingerprint density at radius 1 is 1.64 bits per heavy atom. The molecule has 0 aromatic carbocycles. The van der Waals surface area contributed by atoms with Crippen molar-refractivity contribution >= 4 is 44.5 Å². The maximum atomic E-state index is 12.3. The molecule has 0 aliphatic rings. The quantitative estimate of drug-likeness (QED) is 0.636. The highest BCUT2D eigenvalue weighted by Crippen LogP contribution is 2.27. The zero-order valence-corrected chi connectivity index (χ0v) is 10.2. The van der Waals surface area contributed by atoms with Crippen molar-refractivity contribution < 1.29 is 18.7 Å². The van der Waals surface area contributed by atoms with Crippen LogP contribution in [-0.4, -0.2) is 16.1 Å². The van der Waals surface area contributed by atoms with E-state index < -0.39 is 18.1 Å². The first-order valence-electron chi connectivity index (χ1n) is 3.31. The van der Waals surface area contributed by atoms with Crippen LogP contribution in [0, 0.1) is 3.70 Å². The fraction of sp³-hybridized carbons (Fsp3) is 0.143. The number of rotatable bonds is 2. The highest BCUT2D eigenvalue weighted by molar-refractivity contribution is 14.1. The number of halogens is 4. The molecule has 0 aliphatic carbocycles. The monoisotopic (exact) mass is 377 g/mol. The van der Waals surface area contributed by atoms with Crippen LogP contribution >= 0.6 is 38.5 Å². The Morgan fingerprint density at radius 2 is 2.21 bits per heavy atom. The van der Waals surface area contributed by atoms with E-state index in [1.165, 1.54) is 0 Å². The minimum absolute atomic E-state index is 0.00492. The second kappa shape index (κ2) is 4.47. The average Bonchev–Trinajstić information content (AvgIpc) is 2.07. The Labute approximate surface area is 99.8 Å². The summed E-state index contributed by atoms with van der Waals surface area (Å²) in [5.74, 6) is -1.19. The van der Waals surface area contributed by atoms with Crippen LogP contribution < -0.4 is 0 Å². The van der Waals surface area contributed by atoms with Gasteiger partial charge < -0.3 is 5.11 Å². The molecule has 0 spiro atoms. The Kier molecular flexibility index (Phi) is 3.76. The van der Waals surface area contributed by atoms with Crippen molar-refractivity contribution in [2.45, 2.75) is 6.43 Å². The molecule has 0 unspecified atom stereocenters. The molecule has 0 aliphatic heterocycles. The molecule has 76 valence electrons. The highest BCUT2D eigenvalue weighted by Gasteiger charge is 2.19. The minimum atomic E-state index is -2.72. The normalized spacial score (nSPS) is 10.6. The lowest BCUT2D eigenvalue weighted by molar-refractivity contribution is 0.0694. The van der Waals surface area contributed by atoms with Crippen molar-refractivity contribution in [1.82, 2.24) is 4.98 Å². The van der Waals surface area contributed by atoms with Crippen molar-refractivity contribution in [2.24, 2.45) is 0 Å². The predicted octanol–water partition coefficient (Wildman–Crippen LogP) is 3.08. The molecule has 0 radical (unpaired) electrons. The first-order valence-corrected chi connectivity index (χ1v) is 5.18. The lowest BCUT2D eigenvalue weighted by Gasteiger charge is -2.05. The molecule has 1 heterocycles. The van der Waals surface area contributed by atoms with Gasteiger partial charge in [-0.3, -0.25) is 0 Å². The van der Waals surface area contributed by atoms with Crippen molar-refractivity contribution in [3.05, 3.63) is 25.5 Å². The number of carboxylic acid groups (broad SMARTS) is 1. The van der Waals surface area contributed by atoms with Crippen molar-refractivity contribution in [3.63, 3.8) is 0 Å². The molecule has 3 nitrogen and oxygen atoms in total. The number of carbonyl (C=O) groups is 1. The summed E-state index contributed by atoms with van der Waals surface area (Å²) in [4.78, 5) is 14.1.